The smallest absolute Gasteiger partial charge is 0.423 e. The van der Waals surface area contributed by atoms with Crippen molar-refractivity contribution in [3.63, 3.8) is 0 Å². The van der Waals surface area contributed by atoms with Crippen molar-refractivity contribution >= 4 is 12.1 Å². The molecule has 3 aromatic rings. The van der Waals surface area contributed by atoms with Crippen molar-refractivity contribution in [3.05, 3.63) is 64.7 Å². The predicted molar refractivity (Wildman–Crippen MR) is 147 cm³/mol. The summed E-state index contributed by atoms with van der Waals surface area (Å²) in [7, 11) is 1.62. The van der Waals surface area contributed by atoms with Crippen LogP contribution in [-0.4, -0.2) is 59.4 Å². The van der Waals surface area contributed by atoms with Crippen LogP contribution >= 0.6 is 0 Å². The van der Waals surface area contributed by atoms with Gasteiger partial charge in [0, 0.05) is 24.6 Å². The van der Waals surface area contributed by atoms with Gasteiger partial charge in [0.05, 0.1) is 25.2 Å². The molecule has 0 saturated carbocycles. The van der Waals surface area contributed by atoms with Crippen molar-refractivity contribution in [3.8, 4) is 17.1 Å². The fourth-order valence-electron chi connectivity index (χ4n) is 3.77. The highest BCUT2D eigenvalue weighted by molar-refractivity contribution is 5.81. The largest absolute Gasteiger partial charge is 0.514 e. The number of methoxy groups -OCH3 is 1. The highest BCUT2D eigenvalue weighted by Gasteiger charge is 2.31. The van der Waals surface area contributed by atoms with Crippen LogP contribution in [-0.2, 0) is 25.5 Å². The highest BCUT2D eigenvalue weighted by atomic mass is 19.2. The summed E-state index contributed by atoms with van der Waals surface area (Å²) in [6.07, 6.45) is -3.12. The lowest BCUT2D eigenvalue weighted by Gasteiger charge is -2.28. The Morgan fingerprint density at radius 1 is 0.822 bits per heavy atom. The molecule has 16 heteroatoms. The summed E-state index contributed by atoms with van der Waals surface area (Å²) < 4.78 is 87.2. The number of nitrogens with one attached hydrogen (secondary N) is 1. The van der Waals surface area contributed by atoms with Crippen LogP contribution in [0.3, 0.4) is 0 Å². The molecule has 0 bridgehead atoms. The van der Waals surface area contributed by atoms with Crippen LogP contribution < -0.4 is 10.1 Å². The number of hydrogen-bond acceptors (Lipinski definition) is 10. The zero-order valence-corrected chi connectivity index (χ0v) is 25.3. The SMILES string of the molecule is COCC(C)(C)COCC(C)(C)C(=O)NCc1ccc(-c2nnc(C(C)OC(=O)Oc3c(F)c(F)c(F)c(F)c3F)nn2)cc1. The van der Waals surface area contributed by atoms with E-state index in [-0.39, 0.29) is 36.1 Å². The Morgan fingerprint density at radius 3 is 1.93 bits per heavy atom. The van der Waals surface area contributed by atoms with Crippen LogP contribution in [0, 0.1) is 39.9 Å². The molecule has 0 spiro atoms. The maximum Gasteiger partial charge on any atom is 0.514 e. The first-order chi connectivity index (χ1) is 21.1. The molecule has 1 amide bonds. The normalized spacial score (nSPS) is 12.5. The third-order valence-electron chi connectivity index (χ3n) is 6.26. The van der Waals surface area contributed by atoms with Gasteiger partial charge in [0.25, 0.3) is 0 Å². The first-order valence-corrected chi connectivity index (χ1v) is 13.5. The Kier molecular flexibility index (Phi) is 11.4. The van der Waals surface area contributed by atoms with Gasteiger partial charge in [-0.15, -0.1) is 20.4 Å². The molecule has 3 rings (SSSR count). The molecule has 1 heterocycles. The molecule has 1 atom stereocenters. The summed E-state index contributed by atoms with van der Waals surface area (Å²) in [5.41, 5.74) is 0.358. The number of nitrogens with zero attached hydrogens (tertiary/aromatic N) is 4. The molecule has 244 valence electrons. The molecule has 1 aromatic heterocycles. The number of ether oxygens (including phenoxy) is 4. The van der Waals surface area contributed by atoms with Crippen LogP contribution in [0.5, 0.6) is 5.75 Å². The van der Waals surface area contributed by atoms with E-state index in [4.69, 9.17) is 14.2 Å². The predicted octanol–water partition coefficient (Wildman–Crippen LogP) is 5.24. The van der Waals surface area contributed by atoms with E-state index in [0.717, 1.165) is 5.56 Å². The fraction of sp³-hybridized carbons (Fsp3) is 0.448. The summed E-state index contributed by atoms with van der Waals surface area (Å²) in [5.74, 6) is -13.9. The van der Waals surface area contributed by atoms with Crippen molar-refractivity contribution in [2.45, 2.75) is 47.3 Å². The second kappa shape index (κ2) is 14.6. The van der Waals surface area contributed by atoms with E-state index in [1.807, 2.05) is 13.8 Å². The van der Waals surface area contributed by atoms with Crippen LogP contribution in [0.1, 0.15) is 52.1 Å². The van der Waals surface area contributed by atoms with Gasteiger partial charge < -0.3 is 24.3 Å². The standard InChI is InChI=1S/C29H32F5N5O6/c1-15(44-27(41)45-23-21(33)19(31)18(30)20(32)22(23)34)24-36-38-25(39-37-24)17-9-7-16(8-10-17)11-35-26(40)29(4,5)14-43-13-28(2,3)12-42-6/h7-10,15H,11-14H2,1-6H3,(H,35,40). The maximum absolute atomic E-state index is 13.7. The lowest BCUT2D eigenvalue weighted by molar-refractivity contribution is -0.133. The number of halogens is 5. The second-order valence-corrected chi connectivity index (χ2v) is 11.4. The quantitative estimate of drug-likeness (QED) is 0.0869. The molecule has 45 heavy (non-hydrogen) atoms. The number of carbonyl (C=O) groups excluding carboxylic acids is 2. The molecule has 11 nitrogen and oxygen atoms in total. The van der Waals surface area contributed by atoms with Gasteiger partial charge in [-0.3, -0.25) is 4.79 Å². The molecule has 0 aliphatic rings. The Balaban J connectivity index is 1.54. The lowest BCUT2D eigenvalue weighted by Crippen LogP contribution is -2.40. The maximum atomic E-state index is 13.7. The minimum absolute atomic E-state index is 0.0974. The Morgan fingerprint density at radius 2 is 1.38 bits per heavy atom. The molecule has 0 radical (unpaired) electrons. The summed E-state index contributed by atoms with van der Waals surface area (Å²) in [6.45, 7) is 10.3. The van der Waals surface area contributed by atoms with Gasteiger partial charge in [-0.25, -0.2) is 18.0 Å². The molecule has 0 aliphatic carbocycles. The van der Waals surface area contributed by atoms with Crippen LogP contribution in [0.15, 0.2) is 24.3 Å². The molecule has 2 aromatic carbocycles. The van der Waals surface area contributed by atoms with Gasteiger partial charge in [0.2, 0.25) is 52.4 Å². The van der Waals surface area contributed by atoms with Crippen molar-refractivity contribution in [2.75, 3.05) is 26.9 Å². The number of amides is 1. The zero-order valence-electron chi connectivity index (χ0n) is 25.3. The van der Waals surface area contributed by atoms with Gasteiger partial charge in [-0.05, 0) is 26.3 Å². The third kappa shape index (κ3) is 9.11. The topological polar surface area (TPSA) is 135 Å². The van der Waals surface area contributed by atoms with Crippen LogP contribution in [0.25, 0.3) is 11.4 Å². The molecule has 0 saturated heterocycles. The van der Waals surface area contributed by atoms with E-state index in [0.29, 0.717) is 18.8 Å². The van der Waals surface area contributed by atoms with Crippen molar-refractivity contribution in [2.24, 2.45) is 10.8 Å². The van der Waals surface area contributed by atoms with Crippen LogP contribution in [0.2, 0.25) is 0 Å². The zero-order chi connectivity index (χ0) is 33.5. The summed E-state index contributed by atoms with van der Waals surface area (Å²) in [4.78, 5) is 24.7. The summed E-state index contributed by atoms with van der Waals surface area (Å²) in [6, 6.07) is 6.83. The number of benzene rings is 2. The van der Waals surface area contributed by atoms with E-state index in [2.05, 4.69) is 30.4 Å². The minimum atomic E-state index is -2.41. The van der Waals surface area contributed by atoms with Gasteiger partial charge in [-0.1, -0.05) is 38.1 Å². The van der Waals surface area contributed by atoms with E-state index in [1.165, 1.54) is 6.92 Å². The van der Waals surface area contributed by atoms with Gasteiger partial charge >= 0.3 is 6.16 Å². The van der Waals surface area contributed by atoms with E-state index in [9.17, 15) is 31.5 Å². The summed E-state index contributed by atoms with van der Waals surface area (Å²) >= 11 is 0. The lowest BCUT2D eigenvalue weighted by atomic mass is 9.92. The number of aromatic nitrogens is 4. The molecular formula is C29H32F5N5O6. The Hall–Kier alpha value is -4.31. The van der Waals surface area contributed by atoms with E-state index in [1.54, 1.807) is 45.2 Å². The first kappa shape index (κ1) is 35.2. The minimum Gasteiger partial charge on any atom is -0.423 e. The average molecular weight is 642 g/mol. The van der Waals surface area contributed by atoms with E-state index >= 15 is 0 Å². The third-order valence-corrected chi connectivity index (χ3v) is 6.26. The second-order valence-electron chi connectivity index (χ2n) is 11.4. The van der Waals surface area contributed by atoms with Crippen molar-refractivity contribution in [1.29, 1.82) is 0 Å². The fourth-order valence-corrected chi connectivity index (χ4v) is 3.77. The number of carbonyl (C=O) groups is 2. The first-order valence-electron chi connectivity index (χ1n) is 13.5. The highest BCUT2D eigenvalue weighted by Crippen LogP contribution is 2.30. The molecule has 0 aliphatic heterocycles. The molecule has 1 unspecified atom stereocenters. The van der Waals surface area contributed by atoms with Crippen molar-refractivity contribution < 1.29 is 50.5 Å². The monoisotopic (exact) mass is 641 g/mol. The molecular weight excluding hydrogens is 609 g/mol. The Bertz CT molecular complexity index is 1480. The molecule has 1 N–H and O–H groups in total. The van der Waals surface area contributed by atoms with Gasteiger partial charge in [-0.2, -0.15) is 8.78 Å². The van der Waals surface area contributed by atoms with Crippen LogP contribution in [0.4, 0.5) is 26.7 Å². The Labute approximate surface area is 255 Å². The molecule has 0 fully saturated rings. The summed E-state index contributed by atoms with van der Waals surface area (Å²) in [5, 5.41) is 18.3. The van der Waals surface area contributed by atoms with Gasteiger partial charge in [0.1, 0.15) is 0 Å². The van der Waals surface area contributed by atoms with E-state index < -0.39 is 52.5 Å². The van der Waals surface area contributed by atoms with Gasteiger partial charge in [0.15, 0.2) is 6.10 Å². The number of hydrogen-bond donors (Lipinski definition) is 1. The van der Waals surface area contributed by atoms with Crippen molar-refractivity contribution in [1.82, 2.24) is 25.7 Å². The number of rotatable bonds is 13. The average Bonchev–Trinajstić information content (AvgIpc) is 3.00.